The fourth-order valence-electron chi connectivity index (χ4n) is 3.30. The molecule has 0 bridgehead atoms. The predicted molar refractivity (Wildman–Crippen MR) is 53.2 cm³/mol. The van der Waals surface area contributed by atoms with Crippen LogP contribution in [0.3, 0.4) is 0 Å². The largest absolute Gasteiger partial charge is 0.481 e. The Balaban J connectivity index is 2.19. The number of carboxylic acids is 1. The minimum absolute atomic E-state index is 0.0106. The monoisotopic (exact) mass is 214 g/mol. The number of aliphatic carboxylic acids is 1. The van der Waals surface area contributed by atoms with E-state index in [1.54, 1.807) is 0 Å². The van der Waals surface area contributed by atoms with E-state index < -0.39 is 24.1 Å². The van der Waals surface area contributed by atoms with Gasteiger partial charge in [0, 0.05) is 5.92 Å². The molecule has 0 heterocycles. The minimum Gasteiger partial charge on any atom is -0.481 e. The molecule has 0 radical (unpaired) electrons. The lowest BCUT2D eigenvalue weighted by Crippen LogP contribution is -2.48. The smallest absolute Gasteiger partial charge is 0.306 e. The molecule has 0 aromatic rings. The van der Waals surface area contributed by atoms with Crippen LogP contribution in [0.2, 0.25) is 0 Å². The van der Waals surface area contributed by atoms with Crippen LogP contribution in [0.5, 0.6) is 0 Å². The Morgan fingerprint density at radius 1 is 1.00 bits per heavy atom. The first kappa shape index (κ1) is 10.9. The second-order valence-corrected chi connectivity index (χ2v) is 4.83. The number of rotatable bonds is 1. The Kier molecular flexibility index (Phi) is 2.98. The highest BCUT2D eigenvalue weighted by molar-refractivity contribution is 5.70. The van der Waals surface area contributed by atoms with Crippen LogP contribution in [0.1, 0.15) is 32.1 Å². The molecule has 2 aliphatic carbocycles. The van der Waals surface area contributed by atoms with Crippen molar-refractivity contribution in [1.29, 1.82) is 0 Å². The number of carbonyl (C=O) groups is 1. The topological polar surface area (TPSA) is 77.8 Å². The highest BCUT2D eigenvalue weighted by atomic mass is 16.4. The van der Waals surface area contributed by atoms with E-state index in [9.17, 15) is 15.0 Å². The van der Waals surface area contributed by atoms with Crippen LogP contribution in [0.25, 0.3) is 0 Å². The average molecular weight is 214 g/mol. The van der Waals surface area contributed by atoms with E-state index in [1.807, 2.05) is 0 Å². The number of aliphatic hydroxyl groups excluding tert-OH is 2. The molecule has 4 nitrogen and oxygen atoms in total. The van der Waals surface area contributed by atoms with Gasteiger partial charge in [-0.1, -0.05) is 6.42 Å². The summed E-state index contributed by atoms with van der Waals surface area (Å²) in [6.07, 6.45) is 2.52. The van der Waals surface area contributed by atoms with Gasteiger partial charge >= 0.3 is 5.97 Å². The SMILES string of the molecule is O=C(O)[C@@H]1CCC[C@@H]2[C@@H]1[C@@H](O)CC[C@H]2O. The van der Waals surface area contributed by atoms with Crippen molar-refractivity contribution < 1.29 is 20.1 Å². The molecule has 0 aromatic heterocycles. The van der Waals surface area contributed by atoms with Crippen LogP contribution < -0.4 is 0 Å². The molecule has 0 aromatic carbocycles. The zero-order valence-electron chi connectivity index (χ0n) is 8.67. The molecule has 2 aliphatic rings. The quantitative estimate of drug-likeness (QED) is 0.598. The molecule has 0 unspecified atom stereocenters. The van der Waals surface area contributed by atoms with Gasteiger partial charge in [-0.15, -0.1) is 0 Å². The molecule has 0 aliphatic heterocycles. The zero-order chi connectivity index (χ0) is 11.0. The third-order valence-corrected chi connectivity index (χ3v) is 4.03. The molecular formula is C11H18O4. The Morgan fingerprint density at radius 3 is 2.33 bits per heavy atom. The van der Waals surface area contributed by atoms with E-state index in [4.69, 9.17) is 5.11 Å². The normalized spacial score (nSPS) is 45.9. The Morgan fingerprint density at radius 2 is 1.67 bits per heavy atom. The van der Waals surface area contributed by atoms with Gasteiger partial charge in [0.25, 0.3) is 0 Å². The van der Waals surface area contributed by atoms with Gasteiger partial charge in [-0.25, -0.2) is 0 Å². The van der Waals surface area contributed by atoms with Crippen molar-refractivity contribution in [2.45, 2.75) is 44.3 Å². The van der Waals surface area contributed by atoms with Crippen LogP contribution in [0, 0.1) is 17.8 Å². The van der Waals surface area contributed by atoms with Crippen molar-refractivity contribution in [2.75, 3.05) is 0 Å². The van der Waals surface area contributed by atoms with Gasteiger partial charge in [0.2, 0.25) is 0 Å². The second kappa shape index (κ2) is 4.10. The van der Waals surface area contributed by atoms with Crippen LogP contribution in [-0.2, 0) is 4.79 Å². The van der Waals surface area contributed by atoms with Gasteiger partial charge in [0.1, 0.15) is 0 Å². The molecule has 86 valence electrons. The van der Waals surface area contributed by atoms with Gasteiger partial charge in [-0.2, -0.15) is 0 Å². The Bertz CT molecular complexity index is 253. The van der Waals surface area contributed by atoms with Gasteiger partial charge in [0.15, 0.2) is 0 Å². The predicted octanol–water partition coefficient (Wildman–Crippen LogP) is 0.619. The van der Waals surface area contributed by atoms with E-state index in [1.165, 1.54) is 0 Å². The molecule has 2 fully saturated rings. The van der Waals surface area contributed by atoms with Crippen molar-refractivity contribution in [3.8, 4) is 0 Å². The summed E-state index contributed by atoms with van der Waals surface area (Å²) in [4.78, 5) is 11.1. The number of aliphatic hydroxyl groups is 2. The van der Waals surface area contributed by atoms with Crippen LogP contribution in [0.4, 0.5) is 0 Å². The molecule has 2 saturated carbocycles. The summed E-state index contributed by atoms with van der Waals surface area (Å²) in [7, 11) is 0. The van der Waals surface area contributed by atoms with E-state index >= 15 is 0 Å². The zero-order valence-corrected chi connectivity index (χ0v) is 8.67. The fourth-order valence-corrected chi connectivity index (χ4v) is 3.30. The molecule has 2 rings (SSSR count). The maximum Gasteiger partial charge on any atom is 0.306 e. The highest BCUT2D eigenvalue weighted by Crippen LogP contribution is 2.44. The second-order valence-electron chi connectivity index (χ2n) is 4.83. The van der Waals surface area contributed by atoms with Crippen molar-refractivity contribution in [3.63, 3.8) is 0 Å². The average Bonchev–Trinajstić information content (AvgIpc) is 2.23. The maximum atomic E-state index is 11.1. The highest BCUT2D eigenvalue weighted by Gasteiger charge is 2.46. The summed E-state index contributed by atoms with van der Waals surface area (Å²) in [5.74, 6) is -1.53. The molecule has 4 heteroatoms. The molecule has 3 N–H and O–H groups in total. The van der Waals surface area contributed by atoms with Crippen molar-refractivity contribution in [2.24, 2.45) is 17.8 Å². The van der Waals surface area contributed by atoms with Gasteiger partial charge in [0.05, 0.1) is 18.1 Å². The van der Waals surface area contributed by atoms with Gasteiger partial charge in [-0.05, 0) is 31.6 Å². The van der Waals surface area contributed by atoms with Crippen LogP contribution >= 0.6 is 0 Å². The van der Waals surface area contributed by atoms with Gasteiger partial charge in [-0.3, -0.25) is 4.79 Å². The fraction of sp³-hybridized carbons (Fsp3) is 0.909. The third kappa shape index (κ3) is 1.88. The molecule has 0 saturated heterocycles. The lowest BCUT2D eigenvalue weighted by Gasteiger charge is -2.44. The van der Waals surface area contributed by atoms with E-state index in [0.29, 0.717) is 19.3 Å². The summed E-state index contributed by atoms with van der Waals surface area (Å²) < 4.78 is 0. The number of hydrogen-bond acceptors (Lipinski definition) is 3. The first-order chi connectivity index (χ1) is 7.11. The maximum absolute atomic E-state index is 11.1. The molecule has 15 heavy (non-hydrogen) atoms. The third-order valence-electron chi connectivity index (χ3n) is 4.03. The minimum atomic E-state index is -0.821. The summed E-state index contributed by atoms with van der Waals surface area (Å²) in [5, 5.41) is 28.8. The van der Waals surface area contributed by atoms with Crippen molar-refractivity contribution in [1.82, 2.24) is 0 Å². The van der Waals surface area contributed by atoms with E-state index in [-0.39, 0.29) is 11.8 Å². The first-order valence-electron chi connectivity index (χ1n) is 5.70. The first-order valence-corrected chi connectivity index (χ1v) is 5.70. The van der Waals surface area contributed by atoms with Crippen LogP contribution in [-0.4, -0.2) is 33.5 Å². The van der Waals surface area contributed by atoms with E-state index in [0.717, 1.165) is 12.8 Å². The standard InChI is InChI=1S/C11H18O4/c12-8-4-5-9(13)10-6(8)2-1-3-7(10)11(14)15/h6-10,12-13H,1-5H2,(H,14,15)/t6-,7+,8+,9-,10-/m0/s1. The van der Waals surface area contributed by atoms with Crippen molar-refractivity contribution >= 4 is 5.97 Å². The Labute approximate surface area is 88.9 Å². The van der Waals surface area contributed by atoms with Gasteiger partial charge < -0.3 is 15.3 Å². The Hall–Kier alpha value is -0.610. The number of fused-ring (bicyclic) bond motifs is 1. The van der Waals surface area contributed by atoms with Crippen LogP contribution in [0.15, 0.2) is 0 Å². The molecular weight excluding hydrogens is 196 g/mol. The van der Waals surface area contributed by atoms with Crippen molar-refractivity contribution in [3.05, 3.63) is 0 Å². The molecule has 0 amide bonds. The lowest BCUT2D eigenvalue weighted by atomic mass is 9.63. The summed E-state index contributed by atoms with van der Waals surface area (Å²) in [5.41, 5.74) is 0. The van der Waals surface area contributed by atoms with E-state index in [2.05, 4.69) is 0 Å². The number of carboxylic acid groups (broad SMARTS) is 1. The lowest BCUT2D eigenvalue weighted by molar-refractivity contribution is -0.155. The molecule has 0 spiro atoms. The number of hydrogen-bond donors (Lipinski definition) is 3. The summed E-state index contributed by atoms with van der Waals surface area (Å²) in [6.45, 7) is 0. The molecule has 5 atom stereocenters. The summed E-state index contributed by atoms with van der Waals surface area (Å²) >= 11 is 0. The summed E-state index contributed by atoms with van der Waals surface area (Å²) in [6, 6.07) is 0.